The van der Waals surface area contributed by atoms with E-state index in [2.05, 4.69) is 0 Å². The molecule has 1 N–H and O–H groups in total. The molecule has 28 heavy (non-hydrogen) atoms. The number of aryl methyl sites for hydroxylation is 1. The van der Waals surface area contributed by atoms with Gasteiger partial charge in [0.05, 0.1) is 6.61 Å². The van der Waals surface area contributed by atoms with Crippen LogP contribution in [0.2, 0.25) is 0 Å². The molecule has 1 atom stereocenters. The van der Waals surface area contributed by atoms with Crippen molar-refractivity contribution in [2.24, 2.45) is 0 Å². The Morgan fingerprint density at radius 1 is 1.00 bits per heavy atom. The largest absolute Gasteiger partial charge is 0.508 e. The van der Waals surface area contributed by atoms with Crippen LogP contribution >= 0.6 is 0 Å². The molecule has 0 spiro atoms. The minimum atomic E-state index is -0.112. The first-order valence-corrected chi connectivity index (χ1v) is 9.65. The molecular weight excluding hydrogens is 352 g/mol. The molecule has 1 heterocycles. The summed E-state index contributed by atoms with van der Waals surface area (Å²) >= 11 is 0. The van der Waals surface area contributed by atoms with Gasteiger partial charge in [0.2, 0.25) is 0 Å². The molecule has 0 amide bonds. The maximum atomic E-state index is 9.75. The van der Waals surface area contributed by atoms with E-state index in [1.807, 2.05) is 61.5 Å². The first kappa shape index (κ1) is 18.2. The van der Waals surface area contributed by atoms with E-state index in [1.165, 1.54) is 0 Å². The summed E-state index contributed by atoms with van der Waals surface area (Å²) in [7, 11) is 0. The third-order valence-corrected chi connectivity index (χ3v) is 4.88. The molecule has 4 rings (SSSR count). The zero-order valence-electron chi connectivity index (χ0n) is 15.9. The van der Waals surface area contributed by atoms with E-state index < -0.39 is 0 Å². The van der Waals surface area contributed by atoms with Gasteiger partial charge in [-0.2, -0.15) is 0 Å². The van der Waals surface area contributed by atoms with E-state index in [0.717, 1.165) is 46.8 Å². The Balaban J connectivity index is 1.53. The second-order valence-electron chi connectivity index (χ2n) is 6.84. The van der Waals surface area contributed by atoms with Crippen LogP contribution in [-0.2, 0) is 13.0 Å². The van der Waals surface area contributed by atoms with E-state index in [0.29, 0.717) is 13.2 Å². The summed E-state index contributed by atoms with van der Waals surface area (Å²) in [6.07, 6.45) is 1.65. The fourth-order valence-corrected chi connectivity index (χ4v) is 3.47. The highest BCUT2D eigenvalue weighted by Gasteiger charge is 2.25. The molecule has 1 unspecified atom stereocenters. The Morgan fingerprint density at radius 2 is 1.86 bits per heavy atom. The molecule has 1 aliphatic rings. The molecule has 0 fully saturated rings. The number of ether oxygens (including phenoxy) is 3. The summed E-state index contributed by atoms with van der Waals surface area (Å²) < 4.78 is 18.0. The molecular formula is C24H24O4. The summed E-state index contributed by atoms with van der Waals surface area (Å²) in [5.41, 5.74) is 3.24. The van der Waals surface area contributed by atoms with Crippen molar-refractivity contribution in [3.8, 4) is 23.0 Å². The molecule has 4 heteroatoms. The van der Waals surface area contributed by atoms with Gasteiger partial charge in [-0.05, 0) is 49.1 Å². The van der Waals surface area contributed by atoms with Crippen LogP contribution in [0.3, 0.4) is 0 Å². The van der Waals surface area contributed by atoms with E-state index >= 15 is 0 Å². The number of phenolic OH excluding ortho intramolecular Hbond substituents is 1. The van der Waals surface area contributed by atoms with E-state index in [4.69, 9.17) is 14.2 Å². The predicted molar refractivity (Wildman–Crippen MR) is 108 cm³/mol. The van der Waals surface area contributed by atoms with E-state index in [9.17, 15) is 5.11 Å². The molecule has 1 aliphatic heterocycles. The molecule has 0 radical (unpaired) electrons. The lowest BCUT2D eigenvalue weighted by Gasteiger charge is -2.28. The average Bonchev–Trinajstić information content (AvgIpc) is 2.73. The number of hydrogen-bond donors (Lipinski definition) is 1. The van der Waals surface area contributed by atoms with Crippen molar-refractivity contribution < 1.29 is 19.3 Å². The van der Waals surface area contributed by atoms with E-state index in [1.54, 1.807) is 12.1 Å². The van der Waals surface area contributed by atoms with Crippen molar-refractivity contribution in [1.29, 1.82) is 0 Å². The van der Waals surface area contributed by atoms with E-state index in [-0.39, 0.29) is 11.9 Å². The molecule has 3 aromatic carbocycles. The topological polar surface area (TPSA) is 47.9 Å². The monoisotopic (exact) mass is 376 g/mol. The molecule has 4 nitrogen and oxygen atoms in total. The summed E-state index contributed by atoms with van der Waals surface area (Å²) in [5, 5.41) is 9.75. The van der Waals surface area contributed by atoms with Crippen LogP contribution in [0.1, 0.15) is 36.1 Å². The first-order chi connectivity index (χ1) is 13.7. The van der Waals surface area contributed by atoms with Gasteiger partial charge in [-0.15, -0.1) is 0 Å². The predicted octanol–water partition coefficient (Wildman–Crippen LogP) is 5.44. The van der Waals surface area contributed by atoms with Gasteiger partial charge in [0.15, 0.2) is 0 Å². The number of phenols is 1. The third-order valence-electron chi connectivity index (χ3n) is 4.88. The SMILES string of the molecule is CCOc1cc(OCc2ccccc2)ccc1C1CCc2ccc(O)cc2O1. The Hall–Kier alpha value is -3.14. The maximum Gasteiger partial charge on any atom is 0.129 e. The quantitative estimate of drug-likeness (QED) is 0.623. The molecule has 0 aromatic heterocycles. The first-order valence-electron chi connectivity index (χ1n) is 9.65. The van der Waals surface area contributed by atoms with Gasteiger partial charge in [-0.1, -0.05) is 36.4 Å². The van der Waals surface area contributed by atoms with Crippen LogP contribution in [0, 0.1) is 0 Å². The Bertz CT molecular complexity index is 937. The minimum absolute atomic E-state index is 0.112. The van der Waals surface area contributed by atoms with Crippen molar-refractivity contribution in [2.75, 3.05) is 6.61 Å². The lowest BCUT2D eigenvalue weighted by molar-refractivity contribution is 0.170. The maximum absolute atomic E-state index is 9.75. The summed E-state index contributed by atoms with van der Waals surface area (Å²) in [5.74, 6) is 2.50. The molecule has 144 valence electrons. The zero-order chi connectivity index (χ0) is 19.3. The Labute approximate surface area is 165 Å². The van der Waals surface area contributed by atoms with Crippen LogP contribution in [0.15, 0.2) is 66.7 Å². The normalized spacial score (nSPS) is 15.4. The minimum Gasteiger partial charge on any atom is -0.508 e. The molecule has 0 saturated heterocycles. The fourth-order valence-electron chi connectivity index (χ4n) is 3.47. The van der Waals surface area contributed by atoms with Crippen LogP contribution in [0.25, 0.3) is 0 Å². The smallest absolute Gasteiger partial charge is 0.129 e. The lowest BCUT2D eigenvalue weighted by atomic mass is 9.96. The average molecular weight is 376 g/mol. The summed E-state index contributed by atoms with van der Waals surface area (Å²) in [6, 6.07) is 21.3. The van der Waals surface area contributed by atoms with Crippen LogP contribution in [-0.4, -0.2) is 11.7 Å². The third kappa shape index (κ3) is 4.06. The highest BCUT2D eigenvalue weighted by atomic mass is 16.5. The van der Waals surface area contributed by atoms with Gasteiger partial charge in [0.1, 0.15) is 35.7 Å². The molecule has 3 aromatic rings. The fraction of sp³-hybridized carbons (Fsp3) is 0.250. The van der Waals surface area contributed by atoms with Gasteiger partial charge in [-0.3, -0.25) is 0 Å². The van der Waals surface area contributed by atoms with Gasteiger partial charge in [0.25, 0.3) is 0 Å². The highest BCUT2D eigenvalue weighted by molar-refractivity contribution is 5.46. The zero-order valence-corrected chi connectivity index (χ0v) is 15.9. The number of hydrogen-bond acceptors (Lipinski definition) is 4. The second-order valence-corrected chi connectivity index (χ2v) is 6.84. The van der Waals surface area contributed by atoms with Crippen molar-refractivity contribution in [3.05, 3.63) is 83.4 Å². The summed E-state index contributed by atoms with van der Waals surface area (Å²) in [6.45, 7) is 3.05. The number of fused-ring (bicyclic) bond motifs is 1. The number of rotatable bonds is 6. The standard InChI is InChI=1S/C24H24O4/c1-2-26-24-15-20(27-16-17-6-4-3-5-7-17)11-12-21(24)22-13-9-18-8-10-19(25)14-23(18)28-22/h3-8,10-12,14-15,22,25H,2,9,13,16H2,1H3. The number of aromatic hydroxyl groups is 1. The Morgan fingerprint density at radius 3 is 2.68 bits per heavy atom. The van der Waals surface area contributed by atoms with Crippen molar-refractivity contribution in [3.63, 3.8) is 0 Å². The molecule has 0 saturated carbocycles. The van der Waals surface area contributed by atoms with Gasteiger partial charge < -0.3 is 19.3 Å². The van der Waals surface area contributed by atoms with Crippen molar-refractivity contribution >= 4 is 0 Å². The van der Waals surface area contributed by atoms with Crippen LogP contribution in [0.4, 0.5) is 0 Å². The Kier molecular flexibility index (Phi) is 5.38. The van der Waals surface area contributed by atoms with Crippen LogP contribution < -0.4 is 14.2 Å². The summed E-state index contributed by atoms with van der Waals surface area (Å²) in [4.78, 5) is 0. The van der Waals surface area contributed by atoms with Crippen LogP contribution in [0.5, 0.6) is 23.0 Å². The van der Waals surface area contributed by atoms with Crippen molar-refractivity contribution in [1.82, 2.24) is 0 Å². The molecule has 0 bridgehead atoms. The van der Waals surface area contributed by atoms with Crippen molar-refractivity contribution in [2.45, 2.75) is 32.5 Å². The lowest BCUT2D eigenvalue weighted by Crippen LogP contribution is -2.16. The number of benzene rings is 3. The highest BCUT2D eigenvalue weighted by Crippen LogP contribution is 2.40. The van der Waals surface area contributed by atoms with Gasteiger partial charge in [-0.25, -0.2) is 0 Å². The van der Waals surface area contributed by atoms with Gasteiger partial charge >= 0.3 is 0 Å². The van der Waals surface area contributed by atoms with Gasteiger partial charge in [0, 0.05) is 17.7 Å². The second kappa shape index (κ2) is 8.26. The molecule has 0 aliphatic carbocycles.